The zero-order chi connectivity index (χ0) is 25.3. The van der Waals surface area contributed by atoms with Gasteiger partial charge in [-0.25, -0.2) is 19.0 Å². The van der Waals surface area contributed by atoms with Crippen LogP contribution >= 0.6 is 0 Å². The van der Waals surface area contributed by atoms with Crippen molar-refractivity contribution in [2.24, 2.45) is 0 Å². The Labute approximate surface area is 209 Å². The van der Waals surface area contributed by atoms with E-state index < -0.39 is 23.1 Å². The van der Waals surface area contributed by atoms with Gasteiger partial charge in [0.25, 0.3) is 0 Å². The fraction of sp³-hybridized carbons (Fsp3) is 0.0345. The number of anilines is 1. The lowest BCUT2D eigenvalue weighted by Gasteiger charge is -2.42. The van der Waals surface area contributed by atoms with E-state index in [9.17, 15) is 19.2 Å². The fourth-order valence-electron chi connectivity index (χ4n) is 5.62. The number of hydrogen-bond donors (Lipinski definition) is 0. The highest BCUT2D eigenvalue weighted by molar-refractivity contribution is 6.14. The third-order valence-corrected chi connectivity index (χ3v) is 7.07. The molecule has 37 heavy (non-hydrogen) atoms. The molecule has 1 aromatic heterocycles. The molecule has 1 aliphatic heterocycles. The quantitative estimate of drug-likeness (QED) is 0.382. The van der Waals surface area contributed by atoms with Gasteiger partial charge in [-0.2, -0.15) is 4.68 Å². The van der Waals surface area contributed by atoms with Crippen LogP contribution in [-0.4, -0.2) is 25.7 Å². The zero-order valence-electron chi connectivity index (χ0n) is 19.3. The topological polar surface area (TPSA) is 86.3 Å². The van der Waals surface area contributed by atoms with Crippen LogP contribution in [0.5, 0.6) is 0 Å². The molecule has 0 unspecified atom stereocenters. The Balaban J connectivity index is 1.70. The predicted octanol–water partition coefficient (Wildman–Crippen LogP) is 3.58. The van der Waals surface area contributed by atoms with Gasteiger partial charge in [0.2, 0.25) is 0 Å². The van der Waals surface area contributed by atoms with E-state index in [0.717, 1.165) is 9.25 Å². The average molecular weight is 486 g/mol. The first-order valence-corrected chi connectivity index (χ1v) is 11.7. The number of rotatable bonds is 2. The summed E-state index contributed by atoms with van der Waals surface area (Å²) >= 11 is 0. The Morgan fingerprint density at radius 2 is 1.00 bits per heavy atom. The van der Waals surface area contributed by atoms with Crippen molar-refractivity contribution in [3.8, 4) is 5.69 Å². The summed E-state index contributed by atoms with van der Waals surface area (Å²) in [5.74, 6) is -0.214. The molecule has 1 aliphatic carbocycles. The highest BCUT2D eigenvalue weighted by Gasteiger charge is 2.60. The molecule has 7 rings (SSSR count). The van der Waals surface area contributed by atoms with Crippen LogP contribution in [0.2, 0.25) is 0 Å². The third kappa shape index (κ3) is 2.51. The fourth-order valence-corrected chi connectivity index (χ4v) is 5.62. The number of hydrogen-bond acceptors (Lipinski definition) is 4. The van der Waals surface area contributed by atoms with Gasteiger partial charge in [-0.3, -0.25) is 9.69 Å². The Morgan fingerprint density at radius 3 is 1.57 bits per heavy atom. The van der Waals surface area contributed by atoms with E-state index in [0.29, 0.717) is 33.6 Å². The van der Waals surface area contributed by atoms with E-state index >= 15 is 0 Å². The highest BCUT2D eigenvalue weighted by atomic mass is 16.2. The smallest absolute Gasteiger partial charge is 0.289 e. The minimum absolute atomic E-state index is 0.214. The van der Waals surface area contributed by atoms with Gasteiger partial charge in [-0.05, 0) is 24.3 Å². The van der Waals surface area contributed by atoms with Crippen LogP contribution in [0.4, 0.5) is 10.5 Å². The molecule has 8 nitrogen and oxygen atoms in total. The minimum atomic E-state index is -1.62. The van der Waals surface area contributed by atoms with E-state index in [-0.39, 0.29) is 5.78 Å². The first kappa shape index (κ1) is 21.1. The van der Waals surface area contributed by atoms with Gasteiger partial charge in [-0.1, -0.05) is 84.9 Å². The van der Waals surface area contributed by atoms with Crippen LogP contribution in [0.3, 0.4) is 0 Å². The number of amides is 1. The SMILES string of the molecule is O=C1c2ccccc2C2(c3ccccc31)N(c1ccccc1)C(=O)n1c(=O)n(-c3ccccc3)c(=O)n12. The van der Waals surface area contributed by atoms with E-state index in [1.54, 1.807) is 103 Å². The second-order valence-corrected chi connectivity index (χ2v) is 8.91. The lowest BCUT2D eigenvalue weighted by Crippen LogP contribution is -2.55. The van der Waals surface area contributed by atoms with Crippen LogP contribution < -0.4 is 16.3 Å². The largest absolute Gasteiger partial charge is 0.360 e. The van der Waals surface area contributed by atoms with Crippen molar-refractivity contribution in [3.05, 3.63) is 152 Å². The van der Waals surface area contributed by atoms with Gasteiger partial charge in [-0.15, -0.1) is 4.68 Å². The van der Waals surface area contributed by atoms with Gasteiger partial charge in [0, 0.05) is 27.9 Å². The van der Waals surface area contributed by atoms with Crippen molar-refractivity contribution in [2.75, 3.05) is 4.90 Å². The van der Waals surface area contributed by atoms with Crippen molar-refractivity contribution >= 4 is 17.5 Å². The second kappa shape index (κ2) is 7.38. The summed E-state index contributed by atoms with van der Waals surface area (Å²) in [6.07, 6.45) is 0. The predicted molar refractivity (Wildman–Crippen MR) is 136 cm³/mol. The standard InChI is InChI=1S/C29H18N4O4/c34-25-21-15-7-9-17-23(21)29(24-18-10-8-16-22(24)25)31(20-13-5-2-6-14-20)28(37)32-26(35)30(27(36)33(29)32)19-11-3-1-4-12-19/h1-18H. The highest BCUT2D eigenvalue weighted by Crippen LogP contribution is 2.48. The van der Waals surface area contributed by atoms with Gasteiger partial charge >= 0.3 is 17.4 Å². The number of nitrogens with zero attached hydrogens (tertiary/aromatic N) is 4. The minimum Gasteiger partial charge on any atom is -0.289 e. The first-order chi connectivity index (χ1) is 18.1. The maximum Gasteiger partial charge on any atom is 0.360 e. The summed E-state index contributed by atoms with van der Waals surface area (Å²) in [5, 5.41) is 0. The molecule has 178 valence electrons. The molecule has 0 atom stereocenters. The molecule has 0 bridgehead atoms. The van der Waals surface area contributed by atoms with Gasteiger partial charge < -0.3 is 0 Å². The monoisotopic (exact) mass is 486 g/mol. The normalized spacial score (nSPS) is 15.0. The van der Waals surface area contributed by atoms with Crippen LogP contribution in [0.1, 0.15) is 27.0 Å². The van der Waals surface area contributed by atoms with Crippen molar-refractivity contribution in [3.63, 3.8) is 0 Å². The van der Waals surface area contributed by atoms with Crippen LogP contribution in [0.25, 0.3) is 5.69 Å². The zero-order valence-corrected chi connectivity index (χ0v) is 19.3. The van der Waals surface area contributed by atoms with Crippen molar-refractivity contribution < 1.29 is 9.59 Å². The van der Waals surface area contributed by atoms with Crippen LogP contribution in [0.15, 0.2) is 119 Å². The Bertz CT molecular complexity index is 1820. The molecule has 0 saturated heterocycles. The first-order valence-electron chi connectivity index (χ1n) is 11.7. The molecule has 0 radical (unpaired) electrons. The molecular formula is C29H18N4O4. The maximum atomic E-state index is 14.2. The van der Waals surface area contributed by atoms with Crippen molar-refractivity contribution in [1.29, 1.82) is 0 Å². The van der Waals surface area contributed by atoms with Gasteiger partial charge in [0.05, 0.1) is 5.69 Å². The molecule has 4 aromatic carbocycles. The number of para-hydroxylation sites is 2. The molecule has 1 spiro atoms. The summed E-state index contributed by atoms with van der Waals surface area (Å²) in [4.78, 5) is 57.3. The molecule has 2 heterocycles. The molecule has 2 aliphatic rings. The van der Waals surface area contributed by atoms with Crippen LogP contribution in [0, 0.1) is 0 Å². The van der Waals surface area contributed by atoms with Crippen LogP contribution in [-0.2, 0) is 5.66 Å². The summed E-state index contributed by atoms with van der Waals surface area (Å²) in [6.45, 7) is 0. The van der Waals surface area contributed by atoms with E-state index in [1.165, 1.54) is 9.58 Å². The van der Waals surface area contributed by atoms with E-state index in [2.05, 4.69) is 0 Å². The van der Waals surface area contributed by atoms with E-state index in [4.69, 9.17) is 0 Å². The lowest BCUT2D eigenvalue weighted by molar-refractivity contribution is 0.102. The molecule has 8 heteroatoms. The number of aromatic nitrogens is 3. The molecule has 1 amide bonds. The summed E-state index contributed by atoms with van der Waals surface area (Å²) in [7, 11) is 0. The molecule has 5 aromatic rings. The number of benzene rings is 4. The average Bonchev–Trinajstić information content (AvgIpc) is 3.37. The molecule has 0 fully saturated rings. The third-order valence-electron chi connectivity index (χ3n) is 7.07. The number of carbonyl (C=O) groups is 2. The number of ketones is 1. The Hall–Kier alpha value is -5.24. The summed E-state index contributed by atoms with van der Waals surface area (Å²) < 4.78 is 3.07. The molecular weight excluding hydrogens is 468 g/mol. The second-order valence-electron chi connectivity index (χ2n) is 8.91. The number of carbonyl (C=O) groups excluding carboxylic acids is 2. The van der Waals surface area contributed by atoms with E-state index in [1.807, 2.05) is 6.07 Å². The number of fused-ring (bicyclic) bond motifs is 6. The van der Waals surface area contributed by atoms with Crippen molar-refractivity contribution in [2.45, 2.75) is 5.66 Å². The van der Waals surface area contributed by atoms with Gasteiger partial charge in [0.1, 0.15) is 0 Å². The lowest BCUT2D eigenvalue weighted by atomic mass is 9.76. The summed E-state index contributed by atoms with van der Waals surface area (Å²) in [5.41, 5.74) is -0.681. The maximum absolute atomic E-state index is 14.2. The Morgan fingerprint density at radius 1 is 0.514 bits per heavy atom. The van der Waals surface area contributed by atoms with Gasteiger partial charge in [0.15, 0.2) is 11.4 Å². The Kier molecular flexibility index (Phi) is 4.20. The molecule has 0 saturated carbocycles. The van der Waals surface area contributed by atoms with Crippen molar-refractivity contribution in [1.82, 2.24) is 13.9 Å². The molecule has 0 N–H and O–H groups in total. The summed E-state index contributed by atoms with van der Waals surface area (Å²) in [6, 6.07) is 30.5.